The van der Waals surface area contributed by atoms with E-state index in [4.69, 9.17) is 11.0 Å². The van der Waals surface area contributed by atoms with Crippen molar-refractivity contribution in [1.82, 2.24) is 20.0 Å². The van der Waals surface area contributed by atoms with Crippen molar-refractivity contribution in [3.63, 3.8) is 0 Å². The number of hydrogen-bond acceptors (Lipinski definition) is 6. The number of pyridine rings is 1. The molecule has 7 heteroatoms. The van der Waals surface area contributed by atoms with Gasteiger partial charge in [0.15, 0.2) is 0 Å². The zero-order valence-electron chi connectivity index (χ0n) is 9.04. The maximum atomic E-state index is 8.91. The van der Waals surface area contributed by atoms with Gasteiger partial charge in [-0.1, -0.05) is 5.21 Å². The Bertz CT molecular complexity index is 526. The van der Waals surface area contributed by atoms with Crippen LogP contribution in [0.5, 0.6) is 0 Å². The molecule has 0 bridgehead atoms. The lowest BCUT2D eigenvalue weighted by molar-refractivity contribution is 0.608. The summed E-state index contributed by atoms with van der Waals surface area (Å²) in [4.78, 5) is 4.06. The molecule has 0 saturated heterocycles. The third kappa shape index (κ3) is 2.69. The van der Waals surface area contributed by atoms with Gasteiger partial charge < -0.3 is 11.1 Å². The van der Waals surface area contributed by atoms with Crippen LogP contribution in [0.2, 0.25) is 0 Å². The van der Waals surface area contributed by atoms with Crippen LogP contribution in [0.15, 0.2) is 24.7 Å². The highest BCUT2D eigenvalue weighted by Crippen LogP contribution is 2.13. The first kappa shape index (κ1) is 10.9. The summed E-state index contributed by atoms with van der Waals surface area (Å²) in [5.74, 6) is 0.529. The molecule has 0 radical (unpaired) electrons. The number of nitrogens with zero attached hydrogens (tertiary/aromatic N) is 5. The number of aromatic nitrogens is 4. The molecule has 17 heavy (non-hydrogen) atoms. The summed E-state index contributed by atoms with van der Waals surface area (Å²) in [5.41, 5.74) is 6.45. The molecule has 7 nitrogen and oxygen atoms in total. The number of rotatable bonds is 4. The van der Waals surface area contributed by atoms with Gasteiger partial charge in [-0.3, -0.25) is 4.68 Å². The molecule has 0 saturated carbocycles. The first-order valence-electron chi connectivity index (χ1n) is 5.03. The van der Waals surface area contributed by atoms with Crippen LogP contribution < -0.4 is 11.1 Å². The predicted octanol–water partition coefficient (Wildman–Crippen LogP) is 0.239. The van der Waals surface area contributed by atoms with Gasteiger partial charge in [-0.25, -0.2) is 4.98 Å². The van der Waals surface area contributed by atoms with Crippen molar-refractivity contribution in [3.8, 4) is 6.07 Å². The van der Waals surface area contributed by atoms with E-state index < -0.39 is 0 Å². The van der Waals surface area contributed by atoms with E-state index in [1.165, 1.54) is 6.20 Å². The van der Waals surface area contributed by atoms with Gasteiger partial charge in [-0.05, 0) is 6.07 Å². The topological polar surface area (TPSA) is 105 Å². The molecule has 0 aliphatic rings. The van der Waals surface area contributed by atoms with Crippen LogP contribution in [0, 0.1) is 11.3 Å². The molecule has 0 amide bonds. The predicted molar refractivity (Wildman–Crippen MR) is 61.9 cm³/mol. The number of hydrogen-bond donors (Lipinski definition) is 2. The maximum absolute atomic E-state index is 8.91. The van der Waals surface area contributed by atoms with Crippen LogP contribution in [-0.4, -0.2) is 26.5 Å². The van der Waals surface area contributed by atoms with Crippen molar-refractivity contribution in [2.45, 2.75) is 6.54 Å². The average Bonchev–Trinajstić information content (AvgIpc) is 2.84. The summed E-state index contributed by atoms with van der Waals surface area (Å²) in [5, 5.41) is 19.5. The summed E-state index contributed by atoms with van der Waals surface area (Å²) < 4.78 is 1.69. The fourth-order valence-corrected chi connectivity index (χ4v) is 1.35. The van der Waals surface area contributed by atoms with Gasteiger partial charge >= 0.3 is 0 Å². The SMILES string of the molecule is N#Cc1cc(N)cnc1NCCn1ccnn1. The molecule has 0 unspecified atom stereocenters. The molecule has 86 valence electrons. The van der Waals surface area contributed by atoms with Gasteiger partial charge in [0, 0.05) is 12.7 Å². The second-order valence-electron chi connectivity index (χ2n) is 3.37. The average molecular weight is 229 g/mol. The van der Waals surface area contributed by atoms with E-state index in [0.29, 0.717) is 30.2 Å². The van der Waals surface area contributed by atoms with E-state index in [1.807, 2.05) is 6.07 Å². The number of nitrogens with two attached hydrogens (primary N) is 1. The Balaban J connectivity index is 1.97. The van der Waals surface area contributed by atoms with Gasteiger partial charge in [0.05, 0.1) is 30.2 Å². The zero-order chi connectivity index (χ0) is 12.1. The van der Waals surface area contributed by atoms with Gasteiger partial charge in [0.25, 0.3) is 0 Å². The highest BCUT2D eigenvalue weighted by molar-refractivity contribution is 5.57. The molecule has 0 atom stereocenters. The van der Waals surface area contributed by atoms with Crippen molar-refractivity contribution in [3.05, 3.63) is 30.2 Å². The summed E-state index contributed by atoms with van der Waals surface area (Å²) in [6.45, 7) is 1.26. The van der Waals surface area contributed by atoms with E-state index in [0.717, 1.165) is 0 Å². The molecule has 3 N–H and O–H groups in total. The van der Waals surface area contributed by atoms with E-state index in [1.54, 1.807) is 23.1 Å². The van der Waals surface area contributed by atoms with Gasteiger partial charge in [0.2, 0.25) is 0 Å². The highest BCUT2D eigenvalue weighted by atomic mass is 15.4. The Kier molecular flexibility index (Phi) is 3.16. The minimum absolute atomic E-state index is 0.434. The molecule has 2 rings (SSSR count). The number of nitrogen functional groups attached to an aromatic ring is 1. The van der Waals surface area contributed by atoms with Crippen LogP contribution in [0.1, 0.15) is 5.56 Å². The van der Waals surface area contributed by atoms with E-state index in [9.17, 15) is 0 Å². The smallest absolute Gasteiger partial charge is 0.144 e. The van der Waals surface area contributed by atoms with Crippen LogP contribution >= 0.6 is 0 Å². The van der Waals surface area contributed by atoms with Crippen molar-refractivity contribution < 1.29 is 0 Å². The molecular formula is C10H11N7. The van der Waals surface area contributed by atoms with Crippen molar-refractivity contribution >= 4 is 11.5 Å². The Hall–Kier alpha value is -2.62. The minimum Gasteiger partial charge on any atom is -0.397 e. The molecular weight excluding hydrogens is 218 g/mol. The molecule has 0 aliphatic carbocycles. The Labute approximate surface area is 97.9 Å². The molecule has 0 aromatic carbocycles. The number of nitrogens with one attached hydrogen (secondary N) is 1. The second kappa shape index (κ2) is 4.94. The number of anilines is 2. The molecule has 0 fully saturated rings. The third-order valence-electron chi connectivity index (χ3n) is 2.13. The molecule has 2 heterocycles. The fourth-order valence-electron chi connectivity index (χ4n) is 1.35. The van der Waals surface area contributed by atoms with E-state index >= 15 is 0 Å². The molecule has 0 aliphatic heterocycles. The maximum Gasteiger partial charge on any atom is 0.144 e. The minimum atomic E-state index is 0.434. The molecule has 2 aromatic heterocycles. The quantitative estimate of drug-likeness (QED) is 0.777. The summed E-state index contributed by atoms with van der Waals surface area (Å²) >= 11 is 0. The highest BCUT2D eigenvalue weighted by Gasteiger charge is 2.03. The lowest BCUT2D eigenvalue weighted by Gasteiger charge is -2.07. The van der Waals surface area contributed by atoms with Crippen LogP contribution in [0.4, 0.5) is 11.5 Å². The van der Waals surface area contributed by atoms with Crippen molar-refractivity contribution in [2.75, 3.05) is 17.6 Å². The first-order valence-corrected chi connectivity index (χ1v) is 5.03. The van der Waals surface area contributed by atoms with Gasteiger partial charge in [0.1, 0.15) is 11.9 Å². The summed E-state index contributed by atoms with van der Waals surface area (Å²) in [7, 11) is 0. The lowest BCUT2D eigenvalue weighted by Crippen LogP contribution is -2.12. The summed E-state index contributed by atoms with van der Waals surface area (Å²) in [6, 6.07) is 3.63. The summed E-state index contributed by atoms with van der Waals surface area (Å²) in [6.07, 6.45) is 4.89. The van der Waals surface area contributed by atoms with Gasteiger partial charge in [-0.15, -0.1) is 5.10 Å². The van der Waals surface area contributed by atoms with E-state index in [2.05, 4.69) is 20.6 Å². The van der Waals surface area contributed by atoms with Crippen molar-refractivity contribution in [2.24, 2.45) is 0 Å². The zero-order valence-corrected chi connectivity index (χ0v) is 9.04. The van der Waals surface area contributed by atoms with E-state index in [-0.39, 0.29) is 0 Å². The van der Waals surface area contributed by atoms with Crippen LogP contribution in [0.25, 0.3) is 0 Å². The second-order valence-corrected chi connectivity index (χ2v) is 3.37. The van der Waals surface area contributed by atoms with Gasteiger partial charge in [-0.2, -0.15) is 5.26 Å². The third-order valence-corrected chi connectivity index (χ3v) is 2.13. The molecule has 0 spiro atoms. The first-order chi connectivity index (χ1) is 8.29. The Morgan fingerprint density at radius 3 is 3.12 bits per heavy atom. The number of nitriles is 1. The Morgan fingerprint density at radius 1 is 1.53 bits per heavy atom. The lowest BCUT2D eigenvalue weighted by atomic mass is 10.2. The standard InChI is InChI=1S/C10H11N7/c11-6-8-5-9(12)7-14-10(8)13-1-3-17-4-2-15-16-17/h2,4-5,7H,1,3,12H2,(H,13,14). The normalized spacial score (nSPS) is 9.82. The fraction of sp³-hybridized carbons (Fsp3) is 0.200. The molecule has 2 aromatic rings. The Morgan fingerprint density at radius 2 is 2.41 bits per heavy atom. The largest absolute Gasteiger partial charge is 0.397 e. The van der Waals surface area contributed by atoms with Crippen LogP contribution in [0.3, 0.4) is 0 Å². The monoisotopic (exact) mass is 229 g/mol. The van der Waals surface area contributed by atoms with Crippen molar-refractivity contribution in [1.29, 1.82) is 5.26 Å². The van der Waals surface area contributed by atoms with Crippen LogP contribution in [-0.2, 0) is 6.54 Å².